The van der Waals surface area contributed by atoms with Crippen molar-refractivity contribution in [3.63, 3.8) is 0 Å². The van der Waals surface area contributed by atoms with Crippen LogP contribution in [0.15, 0.2) is 30.3 Å². The third-order valence-corrected chi connectivity index (χ3v) is 9.09. The molecule has 232 valence electrons. The topological polar surface area (TPSA) is 199 Å². The van der Waals surface area contributed by atoms with Crippen LogP contribution in [0.25, 0.3) is 0 Å². The Bertz CT molecular complexity index is 1640. The largest absolute Gasteiger partial charge is 0.505 e. The number of ketones is 4. The number of aromatic hydroxyl groups is 1. The van der Waals surface area contributed by atoms with E-state index in [2.05, 4.69) is 10.6 Å². The number of carbonyl (C=O) groups excluding carboxylic acids is 6. The Morgan fingerprint density at radius 2 is 1.73 bits per heavy atom. The fourth-order valence-electron chi connectivity index (χ4n) is 7.00. The summed E-state index contributed by atoms with van der Waals surface area (Å²) in [5.41, 5.74) is 3.43. The molecule has 3 amide bonds. The number of nitrogens with zero attached hydrogens (tertiary/aromatic N) is 2. The second kappa shape index (κ2) is 11.0. The van der Waals surface area contributed by atoms with E-state index in [0.29, 0.717) is 22.0 Å². The van der Waals surface area contributed by atoms with Crippen LogP contribution in [0.2, 0.25) is 5.02 Å². The van der Waals surface area contributed by atoms with E-state index < -0.39 is 76.1 Å². The van der Waals surface area contributed by atoms with Gasteiger partial charge in [-0.2, -0.15) is 0 Å². The SMILES string of the molecule is CN(C)c1cc(NC(=O)Nc2cccc(Cl)c2)c(O)c2c1C[C@H]1C[C@H]3[C@H](N(C)C)C(=O)C(C(N)=O)C(=O)[C@@]3(O)C(=O)C1C2=O. The highest BCUT2D eigenvalue weighted by atomic mass is 35.5. The quantitative estimate of drug-likeness (QED) is 0.238. The Balaban J connectivity index is 1.57. The summed E-state index contributed by atoms with van der Waals surface area (Å²) < 4.78 is 0. The van der Waals surface area contributed by atoms with Gasteiger partial charge >= 0.3 is 6.03 Å². The molecule has 6 atom stereocenters. The molecule has 3 aliphatic rings. The molecule has 2 saturated carbocycles. The van der Waals surface area contributed by atoms with Crippen molar-refractivity contribution in [2.45, 2.75) is 24.5 Å². The molecule has 14 heteroatoms. The third kappa shape index (κ3) is 4.71. The molecule has 0 radical (unpaired) electrons. The first kappa shape index (κ1) is 31.1. The first-order valence-corrected chi connectivity index (χ1v) is 14.2. The number of Topliss-reactive ketones (excluding diaryl/α,β-unsaturated/α-hetero) is 4. The van der Waals surface area contributed by atoms with E-state index >= 15 is 0 Å². The number of nitrogens with one attached hydrogen (secondary N) is 2. The zero-order chi connectivity index (χ0) is 32.4. The fourth-order valence-corrected chi connectivity index (χ4v) is 7.19. The number of benzene rings is 2. The maximum atomic E-state index is 14.1. The molecule has 0 aliphatic heterocycles. The monoisotopic (exact) mass is 625 g/mol. The van der Waals surface area contributed by atoms with Crippen LogP contribution >= 0.6 is 11.6 Å². The van der Waals surface area contributed by atoms with Crippen LogP contribution in [0.1, 0.15) is 22.3 Å². The smallest absolute Gasteiger partial charge is 0.323 e. The highest BCUT2D eigenvalue weighted by molar-refractivity contribution is 6.32. The number of anilines is 3. The molecule has 13 nitrogen and oxygen atoms in total. The fraction of sp³-hybridized carbons (Fsp3) is 0.400. The lowest BCUT2D eigenvalue weighted by Gasteiger charge is -2.52. The summed E-state index contributed by atoms with van der Waals surface area (Å²) in [6, 6.07) is 5.93. The van der Waals surface area contributed by atoms with Crippen LogP contribution in [0, 0.1) is 23.7 Å². The van der Waals surface area contributed by atoms with Gasteiger partial charge in [0.2, 0.25) is 5.91 Å². The molecule has 5 rings (SSSR count). The summed E-state index contributed by atoms with van der Waals surface area (Å²) in [6.07, 6.45) is 0.0153. The van der Waals surface area contributed by atoms with E-state index in [4.69, 9.17) is 17.3 Å². The maximum absolute atomic E-state index is 14.1. The number of likely N-dealkylation sites (N-methyl/N-ethyl adjacent to an activating group) is 1. The van der Waals surface area contributed by atoms with Crippen LogP contribution in [-0.4, -0.2) is 90.0 Å². The van der Waals surface area contributed by atoms with Crippen LogP contribution in [-0.2, 0) is 25.6 Å². The zero-order valence-electron chi connectivity index (χ0n) is 24.4. The highest BCUT2D eigenvalue weighted by Gasteiger charge is 2.69. The lowest BCUT2D eigenvalue weighted by Crippen LogP contribution is -2.74. The van der Waals surface area contributed by atoms with E-state index in [9.17, 15) is 39.0 Å². The Kier molecular flexibility index (Phi) is 7.77. The summed E-state index contributed by atoms with van der Waals surface area (Å²) in [4.78, 5) is 83.0. The van der Waals surface area contributed by atoms with Gasteiger partial charge < -0.3 is 31.5 Å². The molecular formula is C30H32ClN5O8. The summed E-state index contributed by atoms with van der Waals surface area (Å²) in [7, 11) is 6.45. The van der Waals surface area contributed by atoms with E-state index in [1.54, 1.807) is 37.2 Å². The number of amides is 3. The lowest BCUT2D eigenvalue weighted by atomic mass is 9.52. The number of primary amides is 1. The number of nitrogens with two attached hydrogens (primary N) is 1. The zero-order valence-corrected chi connectivity index (χ0v) is 25.1. The van der Waals surface area contributed by atoms with Gasteiger partial charge in [-0.05, 0) is 62.7 Å². The van der Waals surface area contributed by atoms with Crippen molar-refractivity contribution in [1.29, 1.82) is 0 Å². The Morgan fingerprint density at radius 3 is 2.32 bits per heavy atom. The van der Waals surface area contributed by atoms with Gasteiger partial charge in [0.15, 0.2) is 34.7 Å². The molecule has 2 aromatic carbocycles. The third-order valence-electron chi connectivity index (χ3n) is 8.85. The average Bonchev–Trinajstić information content (AvgIpc) is 2.91. The van der Waals surface area contributed by atoms with Gasteiger partial charge in [0.05, 0.1) is 23.2 Å². The molecule has 0 bridgehead atoms. The minimum absolute atomic E-state index is 0.0699. The Labute approximate surface area is 257 Å². The van der Waals surface area contributed by atoms with Crippen molar-refractivity contribution in [3.05, 3.63) is 46.5 Å². The van der Waals surface area contributed by atoms with Crippen molar-refractivity contribution < 1.29 is 39.0 Å². The number of phenolic OH excluding ortho intramolecular Hbond substituents is 1. The number of phenols is 1. The Morgan fingerprint density at radius 1 is 1.05 bits per heavy atom. The second-order valence-corrected chi connectivity index (χ2v) is 12.4. The van der Waals surface area contributed by atoms with Gasteiger partial charge in [-0.3, -0.25) is 28.9 Å². The van der Waals surface area contributed by atoms with Gasteiger partial charge in [-0.15, -0.1) is 0 Å². The summed E-state index contributed by atoms with van der Waals surface area (Å²) in [5.74, 6) is -11.6. The summed E-state index contributed by atoms with van der Waals surface area (Å²) >= 11 is 5.98. The van der Waals surface area contributed by atoms with Crippen molar-refractivity contribution in [1.82, 2.24) is 4.90 Å². The molecule has 0 saturated heterocycles. The van der Waals surface area contributed by atoms with Crippen LogP contribution in [0.3, 0.4) is 0 Å². The molecule has 0 aromatic heterocycles. The highest BCUT2D eigenvalue weighted by Crippen LogP contribution is 2.52. The minimum Gasteiger partial charge on any atom is -0.505 e. The van der Waals surface area contributed by atoms with Crippen LogP contribution in [0.5, 0.6) is 5.75 Å². The molecule has 44 heavy (non-hydrogen) atoms. The maximum Gasteiger partial charge on any atom is 0.323 e. The molecule has 3 aliphatic carbocycles. The van der Waals surface area contributed by atoms with E-state index in [1.807, 2.05) is 0 Å². The minimum atomic E-state index is -2.83. The first-order valence-electron chi connectivity index (χ1n) is 13.8. The summed E-state index contributed by atoms with van der Waals surface area (Å²) in [6.45, 7) is 0. The van der Waals surface area contributed by atoms with Gasteiger partial charge in [-0.25, -0.2) is 4.79 Å². The number of carbonyl (C=O) groups is 6. The number of fused-ring (bicyclic) bond motifs is 3. The molecule has 2 fully saturated rings. The Hall–Kier alpha value is -4.33. The molecule has 2 aromatic rings. The predicted octanol–water partition coefficient (Wildman–Crippen LogP) is 1.23. The molecule has 0 spiro atoms. The number of halogens is 1. The second-order valence-electron chi connectivity index (χ2n) is 11.9. The van der Waals surface area contributed by atoms with Gasteiger partial charge in [0.1, 0.15) is 5.75 Å². The number of hydrogen-bond donors (Lipinski definition) is 5. The normalized spacial score (nSPS) is 27.8. The standard InChI is InChI=1S/C30H32ClN5O8/c1-35(2)18-11-17(34-29(43)33-14-7-5-6-13(31)10-14)23(37)20-15(18)8-12-9-16-22(36(3)4)25(39)21(28(32)42)27(41)30(16,44)26(40)19(12)24(20)38/h5-7,10-12,16,19,21-22,37,44H,8-9H2,1-4H3,(H2,32,42)(H2,33,34,43)/t12-,16-,19?,21?,22-,30-/m0/s1. The van der Waals surface area contributed by atoms with Crippen LogP contribution < -0.4 is 21.3 Å². The molecule has 6 N–H and O–H groups in total. The van der Waals surface area contributed by atoms with Gasteiger partial charge in [-0.1, -0.05) is 17.7 Å². The molecular weight excluding hydrogens is 594 g/mol. The molecule has 0 heterocycles. The predicted molar refractivity (Wildman–Crippen MR) is 160 cm³/mol. The average molecular weight is 626 g/mol. The number of aliphatic hydroxyl groups is 1. The van der Waals surface area contributed by atoms with E-state index in [0.717, 1.165) is 0 Å². The van der Waals surface area contributed by atoms with Crippen LogP contribution in [0.4, 0.5) is 21.9 Å². The number of urea groups is 1. The first-order chi connectivity index (χ1) is 20.6. The van der Waals surface area contributed by atoms with Gasteiger partial charge in [0.25, 0.3) is 0 Å². The number of rotatable bonds is 5. The summed E-state index contributed by atoms with van der Waals surface area (Å²) in [5, 5.41) is 28.5. The van der Waals surface area contributed by atoms with Crippen molar-refractivity contribution in [2.75, 3.05) is 43.7 Å². The van der Waals surface area contributed by atoms with Crippen molar-refractivity contribution in [2.24, 2.45) is 29.4 Å². The van der Waals surface area contributed by atoms with Crippen molar-refractivity contribution >= 4 is 63.7 Å². The van der Waals surface area contributed by atoms with Gasteiger partial charge in [0, 0.05) is 36.4 Å². The van der Waals surface area contributed by atoms with E-state index in [-0.39, 0.29) is 24.1 Å². The molecule has 2 unspecified atom stereocenters. The van der Waals surface area contributed by atoms with Crippen molar-refractivity contribution in [3.8, 4) is 5.75 Å². The lowest BCUT2D eigenvalue weighted by molar-refractivity contribution is -0.181. The number of hydrogen-bond acceptors (Lipinski definition) is 10. The van der Waals surface area contributed by atoms with E-state index in [1.165, 1.54) is 31.1 Å².